The fourth-order valence-electron chi connectivity index (χ4n) is 3.22. The molecular formula is C20H19F3N4O2. The number of carbonyl (C=O) groups excluding carboxylic acids is 1. The number of benzene rings is 1. The number of anilines is 1. The Balaban J connectivity index is 1.51. The molecule has 0 N–H and O–H groups in total. The van der Waals surface area contributed by atoms with Crippen molar-refractivity contribution in [2.75, 3.05) is 24.5 Å². The van der Waals surface area contributed by atoms with Gasteiger partial charge in [-0.1, -0.05) is 35.9 Å². The van der Waals surface area contributed by atoms with Crippen molar-refractivity contribution in [1.82, 2.24) is 15.1 Å². The van der Waals surface area contributed by atoms with Crippen LogP contribution in [0.25, 0.3) is 5.57 Å². The summed E-state index contributed by atoms with van der Waals surface area (Å²) in [6.45, 7) is 1.93. The third-order valence-electron chi connectivity index (χ3n) is 4.96. The fourth-order valence-corrected chi connectivity index (χ4v) is 3.22. The van der Waals surface area contributed by atoms with Crippen LogP contribution in [0.3, 0.4) is 0 Å². The average molecular weight is 404 g/mol. The zero-order valence-electron chi connectivity index (χ0n) is 15.5. The van der Waals surface area contributed by atoms with Crippen LogP contribution in [0.5, 0.6) is 0 Å². The Kier molecular flexibility index (Phi) is 5.12. The molecule has 0 spiro atoms. The molecule has 1 aliphatic carbocycles. The Bertz CT molecular complexity index is 946. The number of likely N-dealkylation sites (tertiary alicyclic amines) is 1. The van der Waals surface area contributed by atoms with Gasteiger partial charge in [-0.05, 0) is 31.4 Å². The third kappa shape index (κ3) is 4.18. The van der Waals surface area contributed by atoms with Gasteiger partial charge in [-0.3, -0.25) is 4.90 Å². The van der Waals surface area contributed by atoms with Gasteiger partial charge in [-0.2, -0.15) is 13.2 Å². The van der Waals surface area contributed by atoms with Crippen molar-refractivity contribution in [2.45, 2.75) is 25.4 Å². The summed E-state index contributed by atoms with van der Waals surface area (Å²) >= 11 is 0. The fraction of sp³-hybridized carbons (Fsp3) is 0.350. The molecule has 0 bridgehead atoms. The number of nitrogens with zero attached hydrogens (tertiary/aromatic N) is 4. The zero-order valence-corrected chi connectivity index (χ0v) is 15.5. The molecule has 2 aliphatic rings. The second-order valence-corrected chi connectivity index (χ2v) is 6.97. The molecule has 0 saturated carbocycles. The van der Waals surface area contributed by atoms with Gasteiger partial charge in [0.1, 0.15) is 0 Å². The number of hydrogen-bond acceptors (Lipinski definition) is 4. The molecule has 6 nitrogen and oxygen atoms in total. The smallest absolute Gasteiger partial charge is 0.413 e. The maximum atomic E-state index is 12.9. The van der Waals surface area contributed by atoms with Crippen LogP contribution in [0.15, 0.2) is 52.5 Å². The SMILES string of the molecule is O=C(N1CCC1)N(CC1=CC=C(c2nnc(C(F)(F)F)o2)CC1)c1ccccc1. The van der Waals surface area contributed by atoms with Gasteiger partial charge in [0.2, 0.25) is 5.89 Å². The highest BCUT2D eigenvalue weighted by atomic mass is 19.4. The van der Waals surface area contributed by atoms with Crippen LogP contribution >= 0.6 is 0 Å². The van der Waals surface area contributed by atoms with Crippen molar-refractivity contribution < 1.29 is 22.4 Å². The first-order valence-electron chi connectivity index (χ1n) is 9.33. The molecule has 2 heterocycles. The van der Waals surface area contributed by atoms with Crippen LogP contribution in [0.4, 0.5) is 23.7 Å². The number of carbonyl (C=O) groups is 1. The van der Waals surface area contributed by atoms with E-state index in [0.29, 0.717) is 25.0 Å². The number of halogens is 3. The van der Waals surface area contributed by atoms with E-state index in [1.807, 2.05) is 36.4 Å². The molecule has 1 aromatic carbocycles. The lowest BCUT2D eigenvalue weighted by Gasteiger charge is -2.36. The lowest BCUT2D eigenvalue weighted by atomic mass is 9.97. The lowest BCUT2D eigenvalue weighted by molar-refractivity contribution is -0.157. The van der Waals surface area contributed by atoms with Crippen LogP contribution in [0, 0.1) is 0 Å². The monoisotopic (exact) mass is 404 g/mol. The Morgan fingerprint density at radius 2 is 1.86 bits per heavy atom. The van der Waals surface area contributed by atoms with Gasteiger partial charge >= 0.3 is 18.1 Å². The Morgan fingerprint density at radius 1 is 1.10 bits per heavy atom. The number of aromatic nitrogens is 2. The molecule has 4 rings (SSSR count). The molecule has 0 atom stereocenters. The summed E-state index contributed by atoms with van der Waals surface area (Å²) in [6, 6.07) is 9.40. The number of alkyl halides is 3. The number of rotatable bonds is 4. The molecule has 0 unspecified atom stereocenters. The number of hydrogen-bond donors (Lipinski definition) is 0. The summed E-state index contributed by atoms with van der Waals surface area (Å²) in [6.07, 6.45) is 0.902. The largest absolute Gasteiger partial charge is 0.470 e. The maximum absolute atomic E-state index is 12.9. The van der Waals surface area contributed by atoms with E-state index in [4.69, 9.17) is 4.42 Å². The number of urea groups is 1. The Labute approximate surface area is 165 Å². The quantitative estimate of drug-likeness (QED) is 0.752. The average Bonchev–Trinajstić information content (AvgIpc) is 3.16. The number of para-hydroxylation sites is 1. The van der Waals surface area contributed by atoms with Crippen molar-refractivity contribution in [1.29, 1.82) is 0 Å². The summed E-state index contributed by atoms with van der Waals surface area (Å²) in [5.41, 5.74) is 2.37. The van der Waals surface area contributed by atoms with Crippen LogP contribution in [-0.4, -0.2) is 40.8 Å². The molecule has 1 saturated heterocycles. The van der Waals surface area contributed by atoms with Crippen LogP contribution in [-0.2, 0) is 6.18 Å². The van der Waals surface area contributed by atoms with Gasteiger partial charge in [0.15, 0.2) is 0 Å². The summed E-state index contributed by atoms with van der Waals surface area (Å²) in [5, 5.41) is 6.57. The molecule has 1 fully saturated rings. The topological polar surface area (TPSA) is 62.5 Å². The van der Waals surface area contributed by atoms with Crippen LogP contribution < -0.4 is 4.90 Å². The van der Waals surface area contributed by atoms with Gasteiger partial charge in [0.05, 0.1) is 0 Å². The van der Waals surface area contributed by atoms with Gasteiger partial charge in [0.25, 0.3) is 0 Å². The summed E-state index contributed by atoms with van der Waals surface area (Å²) in [7, 11) is 0. The molecule has 1 aromatic heterocycles. The van der Waals surface area contributed by atoms with Crippen molar-refractivity contribution in [3.63, 3.8) is 0 Å². The highest BCUT2D eigenvalue weighted by molar-refractivity contribution is 5.93. The minimum atomic E-state index is -4.66. The Hall–Kier alpha value is -3.10. The second-order valence-electron chi connectivity index (χ2n) is 6.97. The summed E-state index contributed by atoms with van der Waals surface area (Å²) in [5.74, 6) is -1.47. The normalized spacial score (nSPS) is 16.7. The van der Waals surface area contributed by atoms with E-state index in [2.05, 4.69) is 10.2 Å². The van der Waals surface area contributed by atoms with Crippen LogP contribution in [0.2, 0.25) is 0 Å². The molecule has 152 valence electrons. The van der Waals surface area contributed by atoms with E-state index in [9.17, 15) is 18.0 Å². The van der Waals surface area contributed by atoms with E-state index in [0.717, 1.165) is 30.8 Å². The molecule has 2 amide bonds. The van der Waals surface area contributed by atoms with E-state index in [-0.39, 0.29) is 11.9 Å². The number of allylic oxidation sites excluding steroid dienone is 3. The van der Waals surface area contributed by atoms with Gasteiger partial charge < -0.3 is 9.32 Å². The van der Waals surface area contributed by atoms with Crippen molar-refractivity contribution in [3.8, 4) is 0 Å². The molecule has 9 heteroatoms. The highest BCUT2D eigenvalue weighted by Gasteiger charge is 2.38. The predicted molar refractivity (Wildman–Crippen MR) is 100.0 cm³/mol. The third-order valence-corrected chi connectivity index (χ3v) is 4.96. The second kappa shape index (κ2) is 7.73. The minimum absolute atomic E-state index is 0.0372. The van der Waals surface area contributed by atoms with E-state index in [1.165, 1.54) is 0 Å². The first-order chi connectivity index (χ1) is 13.9. The first kappa shape index (κ1) is 19.2. The van der Waals surface area contributed by atoms with Crippen molar-refractivity contribution in [3.05, 3.63) is 59.8 Å². The predicted octanol–water partition coefficient (Wildman–Crippen LogP) is 4.52. The zero-order chi connectivity index (χ0) is 20.4. The standard InChI is InChI=1S/C20H19F3N4O2/c21-20(22,23)18-25-24-17(29-18)15-9-7-14(8-10-15)13-27(16-5-2-1-3-6-16)19(28)26-11-4-12-26/h1-3,5-7,9H,4,8,10-13H2. The summed E-state index contributed by atoms with van der Waals surface area (Å²) in [4.78, 5) is 16.4. The molecule has 1 aliphatic heterocycles. The van der Waals surface area contributed by atoms with Gasteiger partial charge in [0, 0.05) is 30.9 Å². The number of amides is 2. The Morgan fingerprint density at radius 3 is 2.41 bits per heavy atom. The molecular weight excluding hydrogens is 385 g/mol. The summed E-state index contributed by atoms with van der Waals surface area (Å²) < 4.78 is 42.7. The maximum Gasteiger partial charge on any atom is 0.470 e. The van der Waals surface area contributed by atoms with Gasteiger partial charge in [-0.25, -0.2) is 4.79 Å². The van der Waals surface area contributed by atoms with Gasteiger partial charge in [-0.15, -0.1) is 10.2 Å². The molecule has 0 radical (unpaired) electrons. The first-order valence-corrected chi connectivity index (χ1v) is 9.33. The molecule has 29 heavy (non-hydrogen) atoms. The highest BCUT2D eigenvalue weighted by Crippen LogP contribution is 2.32. The van der Waals surface area contributed by atoms with Crippen molar-refractivity contribution in [2.24, 2.45) is 0 Å². The molecule has 2 aromatic rings. The van der Waals surface area contributed by atoms with Crippen molar-refractivity contribution >= 4 is 17.3 Å². The van der Waals surface area contributed by atoms with E-state index in [1.54, 1.807) is 15.9 Å². The minimum Gasteiger partial charge on any atom is -0.413 e. The van der Waals surface area contributed by atoms with E-state index >= 15 is 0 Å². The van der Waals surface area contributed by atoms with Crippen LogP contribution in [0.1, 0.15) is 31.0 Å². The lowest BCUT2D eigenvalue weighted by Crippen LogP contribution is -2.50. The van der Waals surface area contributed by atoms with E-state index < -0.39 is 12.1 Å².